The Bertz CT molecular complexity index is 719. The largest absolute Gasteiger partial charge is 0.354 e. The van der Waals surface area contributed by atoms with Crippen molar-refractivity contribution in [2.45, 2.75) is 51.5 Å². The third-order valence-electron chi connectivity index (χ3n) is 4.61. The molecular weight excluding hydrogens is 351 g/mol. The molecule has 0 spiro atoms. The van der Waals surface area contributed by atoms with E-state index >= 15 is 0 Å². The monoisotopic (exact) mass is 376 g/mol. The lowest BCUT2D eigenvalue weighted by Gasteiger charge is -2.22. The summed E-state index contributed by atoms with van der Waals surface area (Å²) < 4.78 is 17.4. The van der Waals surface area contributed by atoms with E-state index < -0.39 is 0 Å². The zero-order valence-corrected chi connectivity index (χ0v) is 15.9. The highest BCUT2D eigenvalue weighted by Gasteiger charge is 2.32. The Morgan fingerprint density at radius 3 is 2.92 bits per heavy atom. The lowest BCUT2D eigenvalue weighted by atomic mass is 10.1. The molecule has 1 aromatic carbocycles. The number of amides is 1. The minimum atomic E-state index is -0.245. The van der Waals surface area contributed by atoms with Crippen LogP contribution in [0.4, 0.5) is 9.52 Å². The van der Waals surface area contributed by atoms with Gasteiger partial charge in [-0.1, -0.05) is 31.9 Å². The van der Waals surface area contributed by atoms with Crippen LogP contribution in [0.1, 0.15) is 50.4 Å². The van der Waals surface area contributed by atoms with Crippen LogP contribution in [0.2, 0.25) is 0 Å². The Morgan fingerprint density at radius 2 is 2.15 bits per heavy atom. The fraction of sp³-hybridized carbons (Fsp3) is 0.526. The maximum atomic E-state index is 13.0. The molecule has 1 aliphatic rings. The molecule has 0 radical (unpaired) electrons. The second-order valence-electron chi connectivity index (χ2n) is 6.65. The van der Waals surface area contributed by atoms with Gasteiger partial charge in [-0.3, -0.25) is 4.79 Å². The minimum absolute atomic E-state index is 0.0916. The predicted octanol–water partition coefficient (Wildman–Crippen LogP) is 3.54. The molecule has 1 fully saturated rings. The van der Waals surface area contributed by atoms with E-state index in [4.69, 9.17) is 0 Å². The summed E-state index contributed by atoms with van der Waals surface area (Å²) in [5.41, 5.74) is 0.974. The van der Waals surface area contributed by atoms with E-state index in [1.165, 1.54) is 23.7 Å². The molecule has 0 unspecified atom stereocenters. The Hall–Kier alpha value is -2.02. The van der Waals surface area contributed by atoms with Gasteiger partial charge < -0.3 is 10.2 Å². The number of hydrogen-bond acceptors (Lipinski definition) is 5. The van der Waals surface area contributed by atoms with Gasteiger partial charge in [0.25, 0.3) is 0 Å². The molecule has 2 aromatic rings. The van der Waals surface area contributed by atoms with Crippen molar-refractivity contribution in [3.8, 4) is 0 Å². The van der Waals surface area contributed by atoms with Crippen LogP contribution in [0.5, 0.6) is 0 Å². The minimum Gasteiger partial charge on any atom is -0.354 e. The van der Waals surface area contributed by atoms with Gasteiger partial charge in [0.2, 0.25) is 11.0 Å². The smallest absolute Gasteiger partial charge is 0.242 e. The Labute approximate surface area is 157 Å². The predicted molar refractivity (Wildman–Crippen MR) is 102 cm³/mol. The first-order valence-corrected chi connectivity index (χ1v) is 10.1. The number of benzene rings is 1. The molecule has 3 rings (SSSR count). The van der Waals surface area contributed by atoms with Crippen LogP contribution in [0.15, 0.2) is 24.3 Å². The summed E-state index contributed by atoms with van der Waals surface area (Å²) >= 11 is 1.33. The molecular formula is C19H25FN4OS. The second-order valence-corrected chi connectivity index (χ2v) is 7.38. The summed E-state index contributed by atoms with van der Waals surface area (Å²) in [6.45, 7) is 3.72. The summed E-state index contributed by atoms with van der Waals surface area (Å²) in [6.07, 6.45) is 5.71. The van der Waals surface area contributed by atoms with E-state index in [1.807, 2.05) is 0 Å². The van der Waals surface area contributed by atoms with E-state index in [0.717, 1.165) is 55.9 Å². The van der Waals surface area contributed by atoms with Crippen LogP contribution in [-0.2, 0) is 11.2 Å². The van der Waals surface area contributed by atoms with Gasteiger partial charge in [0.1, 0.15) is 17.7 Å². The van der Waals surface area contributed by atoms with E-state index in [1.54, 1.807) is 12.1 Å². The fourth-order valence-electron chi connectivity index (χ4n) is 3.19. The number of hydrogen-bond donors (Lipinski definition) is 1. The van der Waals surface area contributed by atoms with Gasteiger partial charge >= 0.3 is 0 Å². The molecule has 0 saturated carbocycles. The molecule has 1 atom stereocenters. The standard InChI is InChI=1S/C19H25FN4OS/c1-2-3-4-11-21-18(25)16-6-5-12-24(16)19-22-17(23-26-19)13-14-7-9-15(20)10-8-14/h7-10,16H,2-6,11-13H2,1H3,(H,21,25)/t16-/m0/s1. The van der Waals surface area contributed by atoms with Crippen molar-refractivity contribution < 1.29 is 9.18 Å². The number of halogens is 1. The Kier molecular flexibility index (Phi) is 6.55. The number of nitrogens with one attached hydrogen (secondary N) is 1. The Balaban J connectivity index is 1.60. The van der Waals surface area contributed by atoms with Gasteiger partial charge in [0.15, 0.2) is 0 Å². The molecule has 140 valence electrons. The first-order valence-electron chi connectivity index (χ1n) is 9.28. The highest BCUT2D eigenvalue weighted by molar-refractivity contribution is 7.09. The molecule has 1 amide bonds. The van der Waals surface area contributed by atoms with Crippen molar-refractivity contribution in [1.82, 2.24) is 14.7 Å². The molecule has 1 aromatic heterocycles. The van der Waals surface area contributed by atoms with Crippen LogP contribution < -0.4 is 10.2 Å². The third-order valence-corrected chi connectivity index (χ3v) is 5.40. The van der Waals surface area contributed by atoms with Crippen molar-refractivity contribution >= 4 is 22.6 Å². The summed E-state index contributed by atoms with van der Waals surface area (Å²) in [7, 11) is 0. The summed E-state index contributed by atoms with van der Waals surface area (Å²) in [4.78, 5) is 19.2. The van der Waals surface area contributed by atoms with Gasteiger partial charge in [-0.25, -0.2) is 9.37 Å². The molecule has 1 aliphatic heterocycles. The number of nitrogens with zero attached hydrogens (tertiary/aromatic N) is 3. The maximum absolute atomic E-state index is 13.0. The highest BCUT2D eigenvalue weighted by atomic mass is 32.1. The third kappa shape index (κ3) is 4.78. The van der Waals surface area contributed by atoms with E-state index in [-0.39, 0.29) is 17.8 Å². The van der Waals surface area contributed by atoms with Crippen molar-refractivity contribution in [2.75, 3.05) is 18.0 Å². The first-order chi connectivity index (χ1) is 12.7. The summed E-state index contributed by atoms with van der Waals surface area (Å²) in [5.74, 6) is 0.560. The SMILES string of the molecule is CCCCCNC(=O)[C@@H]1CCCN1c1nc(Cc2ccc(F)cc2)ns1. The lowest BCUT2D eigenvalue weighted by Crippen LogP contribution is -2.43. The molecule has 0 bridgehead atoms. The number of carbonyl (C=O) groups is 1. The van der Waals surface area contributed by atoms with Crippen LogP contribution in [0.3, 0.4) is 0 Å². The van der Waals surface area contributed by atoms with Crippen molar-refractivity contribution in [1.29, 1.82) is 0 Å². The lowest BCUT2D eigenvalue weighted by molar-refractivity contribution is -0.122. The van der Waals surface area contributed by atoms with Gasteiger partial charge in [0, 0.05) is 31.0 Å². The van der Waals surface area contributed by atoms with Crippen LogP contribution in [-0.4, -0.2) is 34.4 Å². The van der Waals surface area contributed by atoms with E-state index in [2.05, 4.69) is 26.5 Å². The molecule has 2 heterocycles. The number of unbranched alkanes of at least 4 members (excludes halogenated alkanes) is 2. The van der Waals surface area contributed by atoms with E-state index in [0.29, 0.717) is 12.2 Å². The maximum Gasteiger partial charge on any atom is 0.242 e. The van der Waals surface area contributed by atoms with Gasteiger partial charge in [-0.2, -0.15) is 4.37 Å². The molecule has 7 heteroatoms. The number of aromatic nitrogens is 2. The molecule has 5 nitrogen and oxygen atoms in total. The molecule has 1 saturated heterocycles. The molecule has 1 N–H and O–H groups in total. The number of anilines is 1. The molecule has 0 aliphatic carbocycles. The first kappa shape index (κ1) is 18.8. The average Bonchev–Trinajstić information content (AvgIpc) is 3.29. The van der Waals surface area contributed by atoms with Crippen LogP contribution in [0.25, 0.3) is 0 Å². The zero-order chi connectivity index (χ0) is 18.4. The van der Waals surface area contributed by atoms with Crippen molar-refractivity contribution in [3.63, 3.8) is 0 Å². The highest BCUT2D eigenvalue weighted by Crippen LogP contribution is 2.27. The topological polar surface area (TPSA) is 58.1 Å². The number of rotatable bonds is 8. The Morgan fingerprint density at radius 1 is 1.35 bits per heavy atom. The summed E-state index contributed by atoms with van der Waals surface area (Å²) in [6, 6.07) is 6.24. The summed E-state index contributed by atoms with van der Waals surface area (Å²) in [5, 5.41) is 3.85. The normalized spacial score (nSPS) is 16.8. The average molecular weight is 377 g/mol. The molecule has 26 heavy (non-hydrogen) atoms. The number of carbonyl (C=O) groups excluding carboxylic acids is 1. The van der Waals surface area contributed by atoms with Gasteiger partial charge in [0.05, 0.1) is 0 Å². The fourth-order valence-corrected chi connectivity index (χ4v) is 3.95. The van der Waals surface area contributed by atoms with Gasteiger partial charge in [-0.05, 0) is 37.0 Å². The van der Waals surface area contributed by atoms with Gasteiger partial charge in [-0.15, -0.1) is 0 Å². The van der Waals surface area contributed by atoms with Crippen molar-refractivity contribution in [2.24, 2.45) is 0 Å². The zero-order valence-electron chi connectivity index (χ0n) is 15.1. The van der Waals surface area contributed by atoms with Crippen molar-refractivity contribution in [3.05, 3.63) is 41.5 Å². The van der Waals surface area contributed by atoms with E-state index in [9.17, 15) is 9.18 Å². The quantitative estimate of drug-likeness (QED) is 0.716. The second kappa shape index (κ2) is 9.07. The van der Waals surface area contributed by atoms with Crippen LogP contribution in [0, 0.1) is 5.82 Å². The van der Waals surface area contributed by atoms with Crippen LogP contribution >= 0.6 is 11.5 Å².